The molecule has 0 N–H and O–H groups in total. The summed E-state index contributed by atoms with van der Waals surface area (Å²) >= 11 is 3.50. The molecule has 0 heterocycles. The normalized spacial score (nSPS) is 12.5. The monoisotopic (exact) mass is 324 g/mol. The van der Waals surface area contributed by atoms with E-state index in [1.807, 2.05) is 31.2 Å². The lowest BCUT2D eigenvalue weighted by Gasteiger charge is -2.14. The standard InChI is InChI=1S/C16H15BrF2/c1-10-5-3-4-6-12(10)8-14(17)13-7-11(2)15(18)9-16(13)19/h3-7,9,14H,8H2,1-2H3. The van der Waals surface area contributed by atoms with Crippen molar-refractivity contribution < 1.29 is 8.78 Å². The van der Waals surface area contributed by atoms with Gasteiger partial charge in [0.1, 0.15) is 11.6 Å². The molecule has 1 unspecified atom stereocenters. The fourth-order valence-corrected chi connectivity index (χ4v) is 2.76. The Labute approximate surface area is 120 Å². The zero-order chi connectivity index (χ0) is 14.0. The van der Waals surface area contributed by atoms with E-state index in [9.17, 15) is 8.78 Å². The zero-order valence-electron chi connectivity index (χ0n) is 10.9. The Morgan fingerprint density at radius 2 is 1.68 bits per heavy atom. The molecule has 0 aliphatic carbocycles. The molecule has 0 aliphatic heterocycles. The largest absolute Gasteiger partial charge is 0.207 e. The second-order valence-corrected chi connectivity index (χ2v) is 5.83. The molecule has 19 heavy (non-hydrogen) atoms. The summed E-state index contributed by atoms with van der Waals surface area (Å²) in [4.78, 5) is -0.159. The summed E-state index contributed by atoms with van der Waals surface area (Å²) in [6.45, 7) is 3.67. The minimum Gasteiger partial charge on any atom is -0.207 e. The van der Waals surface area contributed by atoms with Gasteiger partial charge < -0.3 is 0 Å². The second-order valence-electron chi connectivity index (χ2n) is 4.72. The molecule has 0 bridgehead atoms. The van der Waals surface area contributed by atoms with Gasteiger partial charge in [0.25, 0.3) is 0 Å². The van der Waals surface area contributed by atoms with Gasteiger partial charge in [-0.25, -0.2) is 8.78 Å². The summed E-state index contributed by atoms with van der Waals surface area (Å²) in [5.74, 6) is -1.00. The fourth-order valence-electron chi connectivity index (χ4n) is 2.06. The first-order valence-corrected chi connectivity index (χ1v) is 7.04. The molecule has 1 atom stereocenters. The van der Waals surface area contributed by atoms with Crippen molar-refractivity contribution in [3.63, 3.8) is 0 Å². The van der Waals surface area contributed by atoms with Crippen molar-refractivity contribution >= 4 is 15.9 Å². The molecule has 3 heteroatoms. The summed E-state index contributed by atoms with van der Waals surface area (Å²) in [6, 6.07) is 10.5. The molecule has 2 aromatic rings. The van der Waals surface area contributed by atoms with Crippen LogP contribution < -0.4 is 0 Å². The molecule has 0 aromatic heterocycles. The van der Waals surface area contributed by atoms with Crippen LogP contribution in [0.1, 0.15) is 27.1 Å². The molecular formula is C16H15BrF2. The van der Waals surface area contributed by atoms with Gasteiger partial charge in [-0.05, 0) is 43.0 Å². The molecule has 0 nitrogen and oxygen atoms in total. The first-order chi connectivity index (χ1) is 8.99. The van der Waals surface area contributed by atoms with Crippen LogP contribution >= 0.6 is 15.9 Å². The summed E-state index contributed by atoms with van der Waals surface area (Å²) in [6.07, 6.45) is 0.675. The summed E-state index contributed by atoms with van der Waals surface area (Å²) < 4.78 is 27.1. The predicted octanol–water partition coefficient (Wildman–Crippen LogP) is 5.26. The molecule has 0 saturated carbocycles. The Morgan fingerprint density at radius 1 is 1.00 bits per heavy atom. The quantitative estimate of drug-likeness (QED) is 0.675. The highest BCUT2D eigenvalue weighted by molar-refractivity contribution is 9.09. The van der Waals surface area contributed by atoms with Crippen LogP contribution in [0.2, 0.25) is 0 Å². The number of aryl methyl sites for hydroxylation is 2. The molecule has 0 fully saturated rings. The highest BCUT2D eigenvalue weighted by Crippen LogP contribution is 2.31. The van der Waals surface area contributed by atoms with Gasteiger partial charge in [0.15, 0.2) is 0 Å². The maximum absolute atomic E-state index is 13.8. The van der Waals surface area contributed by atoms with E-state index < -0.39 is 11.6 Å². The van der Waals surface area contributed by atoms with Gasteiger partial charge in [0.05, 0.1) is 0 Å². The van der Waals surface area contributed by atoms with Gasteiger partial charge in [-0.3, -0.25) is 0 Å². The third-order valence-electron chi connectivity index (χ3n) is 3.28. The van der Waals surface area contributed by atoms with Gasteiger partial charge >= 0.3 is 0 Å². The van der Waals surface area contributed by atoms with Crippen LogP contribution in [0.4, 0.5) is 8.78 Å². The molecule has 2 rings (SSSR count). The van der Waals surface area contributed by atoms with Crippen molar-refractivity contribution in [2.75, 3.05) is 0 Å². The molecule has 100 valence electrons. The van der Waals surface area contributed by atoms with Crippen LogP contribution in [0.3, 0.4) is 0 Å². The van der Waals surface area contributed by atoms with E-state index in [1.54, 1.807) is 13.0 Å². The predicted molar refractivity (Wildman–Crippen MR) is 77.6 cm³/mol. The number of halogens is 3. The molecule has 0 spiro atoms. The molecule has 2 aromatic carbocycles. The van der Waals surface area contributed by atoms with Crippen LogP contribution in [-0.2, 0) is 6.42 Å². The van der Waals surface area contributed by atoms with Crippen molar-refractivity contribution in [3.8, 4) is 0 Å². The Hall–Kier alpha value is -1.22. The number of benzene rings is 2. The Kier molecular flexibility index (Phi) is 4.35. The number of rotatable bonds is 3. The van der Waals surface area contributed by atoms with Crippen LogP contribution in [-0.4, -0.2) is 0 Å². The summed E-state index contributed by atoms with van der Waals surface area (Å²) in [5.41, 5.74) is 3.30. The topological polar surface area (TPSA) is 0 Å². The molecule has 0 amide bonds. The van der Waals surface area contributed by atoms with Crippen molar-refractivity contribution in [1.82, 2.24) is 0 Å². The maximum atomic E-state index is 13.8. The molecular weight excluding hydrogens is 310 g/mol. The number of hydrogen-bond donors (Lipinski definition) is 0. The van der Waals surface area contributed by atoms with E-state index >= 15 is 0 Å². The van der Waals surface area contributed by atoms with E-state index in [0.717, 1.165) is 11.6 Å². The second kappa shape index (κ2) is 5.83. The highest BCUT2D eigenvalue weighted by atomic mass is 79.9. The fraction of sp³-hybridized carbons (Fsp3) is 0.250. The van der Waals surface area contributed by atoms with Crippen molar-refractivity contribution in [2.45, 2.75) is 25.1 Å². The summed E-state index contributed by atoms with van der Waals surface area (Å²) in [7, 11) is 0. The third kappa shape index (κ3) is 3.21. The lowest BCUT2D eigenvalue weighted by molar-refractivity contribution is 0.565. The van der Waals surface area contributed by atoms with Crippen LogP contribution in [0, 0.1) is 25.5 Å². The van der Waals surface area contributed by atoms with Gasteiger partial charge in [0.2, 0.25) is 0 Å². The van der Waals surface area contributed by atoms with Crippen LogP contribution in [0.15, 0.2) is 36.4 Å². The first kappa shape index (κ1) is 14.2. The lowest BCUT2D eigenvalue weighted by atomic mass is 9.99. The maximum Gasteiger partial charge on any atom is 0.130 e. The van der Waals surface area contributed by atoms with Crippen LogP contribution in [0.5, 0.6) is 0 Å². The Bertz CT molecular complexity index is 593. The van der Waals surface area contributed by atoms with E-state index in [0.29, 0.717) is 17.5 Å². The Balaban J connectivity index is 2.28. The van der Waals surface area contributed by atoms with E-state index in [1.165, 1.54) is 5.56 Å². The highest BCUT2D eigenvalue weighted by Gasteiger charge is 2.16. The minimum absolute atomic E-state index is 0.159. The SMILES string of the molecule is Cc1cc(C(Br)Cc2ccccc2C)c(F)cc1F. The van der Waals surface area contributed by atoms with Gasteiger partial charge in [0, 0.05) is 16.5 Å². The summed E-state index contributed by atoms with van der Waals surface area (Å²) in [5, 5.41) is 0. The third-order valence-corrected chi connectivity index (χ3v) is 4.09. The van der Waals surface area contributed by atoms with Gasteiger partial charge in [-0.1, -0.05) is 40.2 Å². The minimum atomic E-state index is -0.503. The van der Waals surface area contributed by atoms with Gasteiger partial charge in [-0.15, -0.1) is 0 Å². The molecule has 0 radical (unpaired) electrons. The van der Waals surface area contributed by atoms with Crippen molar-refractivity contribution in [2.24, 2.45) is 0 Å². The number of hydrogen-bond acceptors (Lipinski definition) is 0. The average Bonchev–Trinajstić information content (AvgIpc) is 2.36. The first-order valence-electron chi connectivity index (χ1n) is 6.13. The van der Waals surface area contributed by atoms with Gasteiger partial charge in [-0.2, -0.15) is 0 Å². The van der Waals surface area contributed by atoms with Crippen molar-refractivity contribution in [3.05, 3.63) is 70.3 Å². The zero-order valence-corrected chi connectivity index (χ0v) is 12.5. The van der Waals surface area contributed by atoms with Crippen LogP contribution in [0.25, 0.3) is 0 Å². The number of alkyl halides is 1. The average molecular weight is 325 g/mol. The molecule has 0 saturated heterocycles. The van der Waals surface area contributed by atoms with E-state index in [4.69, 9.17) is 0 Å². The van der Waals surface area contributed by atoms with E-state index in [-0.39, 0.29) is 4.83 Å². The van der Waals surface area contributed by atoms with Crippen molar-refractivity contribution in [1.29, 1.82) is 0 Å². The Morgan fingerprint density at radius 3 is 2.37 bits per heavy atom. The lowest BCUT2D eigenvalue weighted by Crippen LogP contribution is -2.02. The van der Waals surface area contributed by atoms with E-state index in [2.05, 4.69) is 15.9 Å². The smallest absolute Gasteiger partial charge is 0.130 e. The molecule has 0 aliphatic rings.